The summed E-state index contributed by atoms with van der Waals surface area (Å²) in [6.45, 7) is 24.5. The zero-order valence-electron chi connectivity index (χ0n) is 72.7. The summed E-state index contributed by atoms with van der Waals surface area (Å²) in [5, 5.41) is 58.7. The van der Waals surface area contributed by atoms with Crippen LogP contribution in [0, 0.1) is 21.8 Å². The molecule has 6 fully saturated rings. The molecule has 3 spiro atoms. The summed E-state index contributed by atoms with van der Waals surface area (Å²) in [6, 6.07) is 30.5. The third-order valence-electron chi connectivity index (χ3n) is 22.9. The number of pyridine rings is 3. The van der Waals surface area contributed by atoms with Crippen molar-refractivity contribution in [3.63, 3.8) is 0 Å². The topological polar surface area (TPSA) is 505 Å². The number of carbonyl (C=O) groups excluding carboxylic acids is 2. The Morgan fingerprint density at radius 3 is 1.22 bits per heavy atom. The summed E-state index contributed by atoms with van der Waals surface area (Å²) in [4.78, 5) is 75.7. The maximum atomic E-state index is 12.6. The minimum absolute atomic E-state index is 0. The molecule has 42 nitrogen and oxygen atoms in total. The van der Waals surface area contributed by atoms with Crippen molar-refractivity contribution >= 4 is 127 Å². The summed E-state index contributed by atoms with van der Waals surface area (Å²) in [5.74, 6) is 7.24. The molecular weight excluding hydrogens is 1740 g/mol. The molecular formula is C82H97ClN35NaO7S3. The Bertz CT molecular complexity index is 6070. The van der Waals surface area contributed by atoms with Gasteiger partial charge in [0, 0.05) is 152 Å². The van der Waals surface area contributed by atoms with Crippen LogP contribution in [0.2, 0.25) is 5.15 Å². The fraction of sp³-hybridized carbons (Fsp3) is 0.427. The molecule has 129 heavy (non-hydrogen) atoms. The van der Waals surface area contributed by atoms with Crippen molar-refractivity contribution < 1.29 is 62.8 Å². The van der Waals surface area contributed by atoms with Crippen molar-refractivity contribution in [2.24, 2.45) is 106 Å². The van der Waals surface area contributed by atoms with E-state index in [1.807, 2.05) is 182 Å². The molecule has 6 saturated heterocycles. The summed E-state index contributed by atoms with van der Waals surface area (Å²) < 4.78 is 35.0. The van der Waals surface area contributed by atoms with Crippen molar-refractivity contribution in [1.82, 2.24) is 68.7 Å². The van der Waals surface area contributed by atoms with Gasteiger partial charge in [0.2, 0.25) is 17.8 Å². The Balaban J connectivity index is 0.000000145. The Kier molecular flexibility index (Phi) is 31.8. The third-order valence-corrected chi connectivity index (χ3v) is 25.5. The molecule has 0 aliphatic carbocycles. The second-order valence-electron chi connectivity index (χ2n) is 33.1. The molecule has 6 aliphatic rings. The van der Waals surface area contributed by atoms with Crippen molar-refractivity contribution in [3.05, 3.63) is 171 Å². The average Bonchev–Trinajstić information content (AvgIpc) is 1.64. The van der Waals surface area contributed by atoms with Gasteiger partial charge in [-0.2, -0.15) is 5.53 Å². The van der Waals surface area contributed by atoms with E-state index < -0.39 is 11.2 Å². The number of carbonyl (C=O) groups is 2. The number of imidazole rings is 3. The van der Waals surface area contributed by atoms with Gasteiger partial charge in [0.25, 0.3) is 0 Å². The second kappa shape index (κ2) is 43.2. The first-order chi connectivity index (χ1) is 61.8. The van der Waals surface area contributed by atoms with E-state index in [-0.39, 0.29) is 94.4 Å². The Morgan fingerprint density at radius 2 is 0.822 bits per heavy atom. The van der Waals surface area contributed by atoms with Gasteiger partial charge >= 0.3 is 41.7 Å². The van der Waals surface area contributed by atoms with E-state index in [1.54, 1.807) is 42.1 Å². The number of benzene rings is 3. The van der Waals surface area contributed by atoms with Crippen LogP contribution in [-0.4, -0.2) is 177 Å². The van der Waals surface area contributed by atoms with E-state index >= 15 is 0 Å². The number of nitrogens with two attached hydrogens (primary N) is 2. The second-order valence-corrected chi connectivity index (χ2v) is 35.9. The first kappa shape index (κ1) is 94.9. The minimum atomic E-state index is -0.542. The van der Waals surface area contributed by atoms with Crippen molar-refractivity contribution in [3.8, 4) is 0 Å². The number of piperidine rings is 3. The number of hydrogen-bond acceptors (Lipinski definition) is 25. The predicted molar refractivity (Wildman–Crippen MR) is 479 cm³/mol. The van der Waals surface area contributed by atoms with Crippen LogP contribution in [0.4, 0.5) is 27.4 Å². The summed E-state index contributed by atoms with van der Waals surface area (Å²) in [7, 11) is 0. The normalized spacial score (nSPS) is 20.2. The smallest absolute Gasteiger partial charge is 0.775 e. The third kappa shape index (κ3) is 23.1. The largest absolute Gasteiger partial charge is 1.00 e. The number of nitrogens with one attached hydrogen (secondary N) is 3. The molecule has 9 aromatic heterocycles. The number of anilines is 3. The van der Waals surface area contributed by atoms with Crippen LogP contribution in [0.15, 0.2) is 268 Å². The van der Waals surface area contributed by atoms with Gasteiger partial charge in [0.05, 0.1) is 60.0 Å². The van der Waals surface area contributed by atoms with Gasteiger partial charge in [-0.15, -0.1) is 4.90 Å². The number of rotatable bonds is 16. The molecule has 7 N–H and O–H groups in total. The monoisotopic (exact) mass is 1840 g/mol. The van der Waals surface area contributed by atoms with Crippen molar-refractivity contribution in [2.75, 3.05) is 73.8 Å². The summed E-state index contributed by atoms with van der Waals surface area (Å²) >= 11 is 14.4. The molecule has 3 aromatic carbocycles. The Morgan fingerprint density at radius 1 is 0.473 bits per heavy atom. The van der Waals surface area contributed by atoms with Gasteiger partial charge in [-0.25, -0.2) is 54.4 Å². The van der Waals surface area contributed by atoms with Gasteiger partial charge in [-0.3, -0.25) is 13.2 Å². The molecule has 0 saturated carbocycles. The molecule has 18 rings (SSSR count). The van der Waals surface area contributed by atoms with E-state index in [4.69, 9.17) is 69.1 Å². The molecule has 2 amide bonds. The van der Waals surface area contributed by atoms with Gasteiger partial charge in [0.1, 0.15) is 32.1 Å². The van der Waals surface area contributed by atoms with Crippen LogP contribution in [0.25, 0.3) is 49.3 Å². The minimum Gasteiger partial charge on any atom is -0.775 e. The number of alkyl carbamates (subject to hydrolysis) is 2. The number of halogens is 1. The molecule has 0 radical (unpaired) electrons. The zero-order valence-corrected chi connectivity index (χ0v) is 77.9. The van der Waals surface area contributed by atoms with Crippen molar-refractivity contribution in [2.45, 2.75) is 173 Å². The molecule has 0 bridgehead atoms. The molecule has 0 unspecified atom stereocenters. The molecule has 6 atom stereocenters. The maximum absolute atomic E-state index is 12.6. The fourth-order valence-corrected chi connectivity index (χ4v) is 18.9. The predicted octanol–water partition coefficient (Wildman–Crippen LogP) is 14.0. The molecule has 47 heteroatoms. The molecule has 15 heterocycles. The van der Waals surface area contributed by atoms with E-state index in [0.29, 0.717) is 23.3 Å². The van der Waals surface area contributed by atoms with Crippen LogP contribution in [0.5, 0.6) is 0 Å². The first-order valence-electron chi connectivity index (χ1n) is 41.2. The number of nitrogens with zero attached hydrogens (tertiary/aromatic N) is 30. The molecule has 6 aliphatic heterocycles. The number of fused-ring (bicyclic) bond motifs is 6. The van der Waals surface area contributed by atoms with Crippen molar-refractivity contribution in [1.29, 1.82) is 5.53 Å². The fourth-order valence-electron chi connectivity index (χ4n) is 16.6. The zero-order chi connectivity index (χ0) is 90.0. The van der Waals surface area contributed by atoms with Gasteiger partial charge < -0.3 is 73.2 Å². The number of amides is 2. The number of hydrogen-bond donors (Lipinski definition) is 5. The van der Waals surface area contributed by atoms with Crippen LogP contribution in [-0.2, 0) is 36.3 Å². The first-order valence-corrected chi connectivity index (χ1v) is 43.6. The Hall–Kier alpha value is -11.7. The maximum Gasteiger partial charge on any atom is 1.00 e. The van der Waals surface area contributed by atoms with Crippen LogP contribution in [0.3, 0.4) is 0 Å². The summed E-state index contributed by atoms with van der Waals surface area (Å²) in [6.07, 6.45) is 27.1. The average molecular weight is 1840 g/mol. The van der Waals surface area contributed by atoms with E-state index in [2.05, 4.69) is 184 Å². The SMILES string of the molecule is C[C@@H]1OCC2(CCN(c3ncc(Sc4nccc5ccccc45)c4nccn34)CC2)[C@@H]1N.C[C@@H]1OCC2(CCN(c3ncc(Sc4nccc5ccccc45)c4nccn34)CC2)[C@@H]1NC(=O)OC(C)(C)C.C[C@@H]1OCC2(CCN(c3ncc([S-])c4nccn34)CC2)[C@@H]1NC(=O)OC(C)(C)C.Clc1nccc2ccccc12.N=N/N=N/N=N/N=N/N=N/N=N/N=N/N=N/N.[Na+]. The van der Waals surface area contributed by atoms with Gasteiger partial charge in [0.15, 0.2) is 11.3 Å². The number of aromatic nitrogens is 12. The van der Waals surface area contributed by atoms with E-state index in [9.17, 15) is 9.59 Å². The molecule has 668 valence electrons. The van der Waals surface area contributed by atoms with Gasteiger partial charge in [-0.05, 0) is 208 Å². The molecule has 12 aromatic rings. The van der Waals surface area contributed by atoms with Gasteiger partial charge in [-0.1, -0.05) is 113 Å². The number of ether oxygens (including phenoxy) is 5. The van der Waals surface area contributed by atoms with Crippen LogP contribution < -0.4 is 66.5 Å². The Labute approximate surface area is 782 Å². The van der Waals surface area contributed by atoms with E-state index in [1.165, 1.54) is 5.39 Å². The van der Waals surface area contributed by atoms with Crippen LogP contribution in [0.1, 0.15) is 101 Å². The standard InChI is InChI=1S/C29H34N6O3S.C24H26N6OS.C20H29N5O3S.C9H6ClN.H3N17.Na/c1-19-23(33-27(36)38-28(2,3)4)29(18-37-19)10-14-34(15-11-29)26-32-17-22(24-30-13-16-35(24)26)39-25-21-8-6-5-7-20(21)9-12-31-25;1-16-20(25)24(15-31-16)7-11-29(12-8-24)23-28-14-19(21-26-10-13-30(21)23)32-22-18-5-3-2-4-17(18)6-9-27-22;1-13-15(23-18(26)28-19(2,3)4)20(12-27-13)5-8-24(9-6-20)17-22-11-14(29)16-21-7-10-25(16)17;10-9-8-4-2-1-3-7(8)5-6-11-9;1-3-5-7-9-11-13-15-17-16-14-12-10-8-6-4-2;/h5-9,12-13,16-17,19,23H,10-11,14-15,18H2,1-4H3,(H,33,36);2-6,9-10,13-14,16,20H,7-8,11-12,15,25H2,1H3;7,10-11,13,15,29H,5-6,8-9,12H2,1-4H3,(H,23,26);1-6H;(H3,1,2,5,6,9,10,13,14,17);/q;;;;;+1/p-1/t19-,23+;16-,20+;13-,15+;;;/m000.../s1. The van der Waals surface area contributed by atoms with E-state index in [0.717, 1.165) is 166 Å². The summed E-state index contributed by atoms with van der Waals surface area (Å²) in [5.41, 5.74) is 14.0. The van der Waals surface area contributed by atoms with Crippen LogP contribution >= 0.6 is 35.1 Å². The quantitative estimate of drug-likeness (QED) is 0.0150.